The van der Waals surface area contributed by atoms with Gasteiger partial charge < -0.3 is 0 Å². The Kier molecular flexibility index (Phi) is 1.67. The van der Waals surface area contributed by atoms with Gasteiger partial charge in [-0.2, -0.15) is 0 Å². The molecule has 1 heterocycles. The lowest BCUT2D eigenvalue weighted by Gasteiger charge is -1.90. The van der Waals surface area contributed by atoms with Gasteiger partial charge in [0.15, 0.2) is 0 Å². The van der Waals surface area contributed by atoms with E-state index in [9.17, 15) is 8.42 Å². The summed E-state index contributed by atoms with van der Waals surface area (Å²) in [5.74, 6) is 0. The number of hydrogen-bond donors (Lipinski definition) is 0. The summed E-state index contributed by atoms with van der Waals surface area (Å²) < 4.78 is 21.4. The van der Waals surface area contributed by atoms with Gasteiger partial charge in [0.1, 0.15) is 0 Å². The zero-order valence-electron chi connectivity index (χ0n) is 5.27. The first-order valence-corrected chi connectivity index (χ1v) is 4.39. The van der Waals surface area contributed by atoms with Crippen molar-refractivity contribution in [3.8, 4) is 0 Å². The Balaban J connectivity index is 3.22. The number of aromatic nitrogens is 2. The summed E-state index contributed by atoms with van der Waals surface area (Å²) in [6, 6.07) is 1.44. The molecule has 0 fully saturated rings. The molecule has 1 aromatic heterocycles. The molecule has 1 rings (SSSR count). The van der Waals surface area contributed by atoms with Crippen LogP contribution in [-0.4, -0.2) is 24.6 Å². The maximum absolute atomic E-state index is 10.7. The molecule has 0 saturated heterocycles. The normalized spacial score (nSPS) is 11.3. The lowest BCUT2D eigenvalue weighted by molar-refractivity contribution is 0.592. The van der Waals surface area contributed by atoms with E-state index < -0.39 is 9.84 Å². The van der Waals surface area contributed by atoms with Gasteiger partial charge in [-0.05, 0) is 6.07 Å². The molecule has 1 aromatic rings. The molecule has 0 aliphatic carbocycles. The number of rotatable bonds is 1. The first-order valence-electron chi connectivity index (χ1n) is 2.50. The second kappa shape index (κ2) is 2.34. The maximum Gasteiger partial charge on any atom is 0.247 e. The summed E-state index contributed by atoms with van der Waals surface area (Å²) in [5, 5.41) is -0.185. The van der Waals surface area contributed by atoms with Gasteiger partial charge in [0.2, 0.25) is 15.0 Å². The Morgan fingerprint density at radius 2 is 2.30 bits per heavy atom. The maximum atomic E-state index is 10.7. The highest BCUT2D eigenvalue weighted by Gasteiger charge is 2.07. The molecule has 53 valence electrons. The summed E-state index contributed by atoms with van der Waals surface area (Å²) in [6.07, 6.45) is 4.76. The van der Waals surface area contributed by atoms with Crippen LogP contribution in [0.2, 0.25) is 0 Å². The van der Waals surface area contributed by atoms with E-state index in [0.717, 1.165) is 6.26 Å². The largest absolute Gasteiger partial charge is 0.247 e. The molecular formula is C5H5N2O2S. The van der Waals surface area contributed by atoms with Crippen molar-refractivity contribution in [2.24, 2.45) is 0 Å². The van der Waals surface area contributed by atoms with Gasteiger partial charge >= 0.3 is 0 Å². The fourth-order valence-electron chi connectivity index (χ4n) is 0.434. The van der Waals surface area contributed by atoms with Crippen LogP contribution < -0.4 is 0 Å². The number of hydrogen-bond acceptors (Lipinski definition) is 4. The van der Waals surface area contributed by atoms with Crippen LogP contribution in [-0.2, 0) is 9.84 Å². The van der Waals surface area contributed by atoms with E-state index in [1.165, 1.54) is 12.3 Å². The van der Waals surface area contributed by atoms with Crippen molar-refractivity contribution >= 4 is 9.84 Å². The second-order valence-corrected chi connectivity index (χ2v) is 3.65. The molecule has 4 nitrogen and oxygen atoms in total. The third-order valence-electron chi connectivity index (χ3n) is 0.826. The molecule has 0 N–H and O–H groups in total. The quantitative estimate of drug-likeness (QED) is 0.524. The molecule has 0 unspecified atom stereocenters. The van der Waals surface area contributed by atoms with Crippen molar-refractivity contribution in [2.45, 2.75) is 5.16 Å². The lowest BCUT2D eigenvalue weighted by Crippen LogP contribution is -2.02. The highest BCUT2D eigenvalue weighted by Crippen LogP contribution is 1.95. The van der Waals surface area contributed by atoms with Crippen LogP contribution in [0.5, 0.6) is 0 Å². The highest BCUT2D eigenvalue weighted by molar-refractivity contribution is 7.90. The van der Waals surface area contributed by atoms with Crippen molar-refractivity contribution in [1.29, 1.82) is 0 Å². The van der Waals surface area contributed by atoms with Crippen LogP contribution >= 0.6 is 0 Å². The standard InChI is InChI=1S/C5H5N2O2S/c1-10(8,9)5-6-3-2-4-7-5/h2-3H,1H3. The molecular weight excluding hydrogens is 152 g/mol. The predicted molar refractivity (Wildman–Crippen MR) is 34.0 cm³/mol. The Labute approximate surface area is 58.9 Å². The van der Waals surface area contributed by atoms with Crippen molar-refractivity contribution in [3.05, 3.63) is 18.5 Å². The van der Waals surface area contributed by atoms with Crippen molar-refractivity contribution in [1.82, 2.24) is 9.97 Å². The van der Waals surface area contributed by atoms with E-state index in [-0.39, 0.29) is 5.16 Å². The average molecular weight is 157 g/mol. The minimum Gasteiger partial charge on any atom is -0.227 e. The van der Waals surface area contributed by atoms with E-state index in [0.29, 0.717) is 0 Å². The summed E-state index contributed by atoms with van der Waals surface area (Å²) in [4.78, 5) is 6.95. The minimum atomic E-state index is -3.26. The van der Waals surface area contributed by atoms with Crippen LogP contribution in [0.25, 0.3) is 0 Å². The van der Waals surface area contributed by atoms with Crippen LogP contribution in [0.4, 0.5) is 0 Å². The Morgan fingerprint density at radius 1 is 1.60 bits per heavy atom. The monoisotopic (exact) mass is 157 g/mol. The summed E-state index contributed by atoms with van der Waals surface area (Å²) in [6.45, 7) is 0. The topological polar surface area (TPSA) is 59.9 Å². The summed E-state index contributed by atoms with van der Waals surface area (Å²) >= 11 is 0. The molecule has 10 heavy (non-hydrogen) atoms. The van der Waals surface area contributed by atoms with Crippen molar-refractivity contribution in [3.63, 3.8) is 0 Å². The van der Waals surface area contributed by atoms with Gasteiger partial charge in [0, 0.05) is 12.5 Å². The number of nitrogens with zero attached hydrogens (tertiary/aromatic N) is 2. The van der Waals surface area contributed by atoms with E-state index in [1.54, 1.807) is 0 Å². The first-order chi connectivity index (χ1) is 4.61. The smallest absolute Gasteiger partial charge is 0.227 e. The third-order valence-corrected chi connectivity index (χ3v) is 1.69. The zero-order chi connectivity index (χ0) is 7.61. The molecule has 0 saturated carbocycles. The number of sulfone groups is 1. The first kappa shape index (κ1) is 7.14. The molecule has 0 aliphatic rings. The Bertz CT molecular complexity index is 306. The molecule has 0 aromatic carbocycles. The fraction of sp³-hybridized carbons (Fsp3) is 0.200. The van der Waals surface area contributed by atoms with Gasteiger partial charge in [-0.25, -0.2) is 18.4 Å². The molecule has 0 aliphatic heterocycles. The molecule has 0 amide bonds. The Morgan fingerprint density at radius 3 is 2.60 bits per heavy atom. The van der Waals surface area contributed by atoms with Crippen LogP contribution in [0.1, 0.15) is 0 Å². The Hall–Kier alpha value is -0.970. The fourth-order valence-corrected chi connectivity index (χ4v) is 0.905. The molecule has 1 radical (unpaired) electrons. The molecule has 0 atom stereocenters. The van der Waals surface area contributed by atoms with E-state index in [4.69, 9.17) is 0 Å². The van der Waals surface area contributed by atoms with Crippen LogP contribution in [0.15, 0.2) is 17.4 Å². The summed E-state index contributed by atoms with van der Waals surface area (Å²) in [7, 11) is -3.26. The van der Waals surface area contributed by atoms with Crippen LogP contribution in [0.3, 0.4) is 0 Å². The van der Waals surface area contributed by atoms with Crippen molar-refractivity contribution < 1.29 is 8.42 Å². The minimum absolute atomic E-state index is 0.185. The SMILES string of the molecule is CS(=O)(=O)c1n[c]ccn1. The lowest BCUT2D eigenvalue weighted by atomic mass is 10.7. The van der Waals surface area contributed by atoms with Gasteiger partial charge in [0.05, 0.1) is 6.20 Å². The zero-order valence-corrected chi connectivity index (χ0v) is 6.09. The molecule has 0 bridgehead atoms. The van der Waals surface area contributed by atoms with E-state index in [2.05, 4.69) is 16.2 Å². The van der Waals surface area contributed by atoms with Gasteiger partial charge in [0.25, 0.3) is 0 Å². The second-order valence-electron chi connectivity index (χ2n) is 1.74. The van der Waals surface area contributed by atoms with E-state index in [1.807, 2.05) is 0 Å². The van der Waals surface area contributed by atoms with Crippen molar-refractivity contribution in [2.75, 3.05) is 6.26 Å². The third kappa shape index (κ3) is 1.51. The van der Waals surface area contributed by atoms with Gasteiger partial charge in [-0.1, -0.05) is 0 Å². The molecule has 0 spiro atoms. The van der Waals surface area contributed by atoms with Gasteiger partial charge in [-0.15, -0.1) is 0 Å². The van der Waals surface area contributed by atoms with Crippen LogP contribution in [0, 0.1) is 6.20 Å². The predicted octanol–water partition coefficient (Wildman–Crippen LogP) is -0.320. The molecule has 5 heteroatoms. The van der Waals surface area contributed by atoms with Gasteiger partial charge in [-0.3, -0.25) is 0 Å². The average Bonchev–Trinajstić information content (AvgIpc) is 1.88. The summed E-state index contributed by atoms with van der Waals surface area (Å²) in [5.41, 5.74) is 0. The highest BCUT2D eigenvalue weighted by atomic mass is 32.2. The van der Waals surface area contributed by atoms with E-state index >= 15 is 0 Å².